The van der Waals surface area contributed by atoms with Crippen molar-refractivity contribution in [3.63, 3.8) is 0 Å². The Morgan fingerprint density at radius 3 is 2.88 bits per heavy atom. The van der Waals surface area contributed by atoms with E-state index in [1.165, 1.54) is 12.1 Å². The lowest BCUT2D eigenvalue weighted by atomic mass is 10.2. The van der Waals surface area contributed by atoms with E-state index in [0.29, 0.717) is 11.6 Å². The number of tetrazole rings is 1. The Bertz CT molecular complexity index is 532. The van der Waals surface area contributed by atoms with Gasteiger partial charge in [-0.3, -0.25) is 0 Å². The average Bonchev–Trinajstić information content (AvgIpc) is 3.01. The Morgan fingerprint density at radius 1 is 1.38 bits per heavy atom. The molecule has 0 atom stereocenters. The second kappa shape index (κ2) is 3.26. The first-order valence-corrected chi connectivity index (χ1v) is 5.09. The standard InChI is InChI=1S/C10H10FN5/c11-8-5-7(3-4-9(8)12)16-10(6-1-2-6)13-14-15-16/h3-6H,1-2,12H2. The van der Waals surface area contributed by atoms with Gasteiger partial charge >= 0.3 is 0 Å². The minimum absolute atomic E-state index is 0.129. The highest BCUT2D eigenvalue weighted by Crippen LogP contribution is 2.39. The summed E-state index contributed by atoms with van der Waals surface area (Å²) in [4.78, 5) is 0. The molecule has 5 nitrogen and oxygen atoms in total. The molecule has 0 amide bonds. The minimum atomic E-state index is -0.449. The third-order valence-electron chi connectivity index (χ3n) is 2.66. The summed E-state index contributed by atoms with van der Waals surface area (Å²) in [5.74, 6) is 0.759. The highest BCUT2D eigenvalue weighted by Gasteiger charge is 2.30. The van der Waals surface area contributed by atoms with E-state index in [0.717, 1.165) is 18.7 Å². The maximum absolute atomic E-state index is 13.3. The van der Waals surface area contributed by atoms with Gasteiger partial charge in [-0.15, -0.1) is 5.10 Å². The smallest absolute Gasteiger partial charge is 0.159 e. The number of nitrogens with two attached hydrogens (primary N) is 1. The van der Waals surface area contributed by atoms with Crippen LogP contribution in [-0.4, -0.2) is 20.2 Å². The number of nitrogens with zero attached hydrogens (tertiary/aromatic N) is 4. The molecule has 1 heterocycles. The van der Waals surface area contributed by atoms with Crippen molar-refractivity contribution in [1.29, 1.82) is 0 Å². The molecule has 6 heteroatoms. The quantitative estimate of drug-likeness (QED) is 0.772. The number of anilines is 1. The molecule has 0 unspecified atom stereocenters. The monoisotopic (exact) mass is 219 g/mol. The maximum Gasteiger partial charge on any atom is 0.159 e. The first kappa shape index (κ1) is 9.26. The summed E-state index contributed by atoms with van der Waals surface area (Å²) >= 11 is 0. The van der Waals surface area contributed by atoms with Gasteiger partial charge in [-0.05, 0) is 35.4 Å². The zero-order valence-corrected chi connectivity index (χ0v) is 8.47. The zero-order chi connectivity index (χ0) is 11.1. The van der Waals surface area contributed by atoms with Gasteiger partial charge in [0.2, 0.25) is 0 Å². The summed E-state index contributed by atoms with van der Waals surface area (Å²) in [5, 5.41) is 11.4. The van der Waals surface area contributed by atoms with E-state index in [2.05, 4.69) is 15.5 Å². The van der Waals surface area contributed by atoms with Crippen molar-refractivity contribution in [2.24, 2.45) is 0 Å². The van der Waals surface area contributed by atoms with Gasteiger partial charge < -0.3 is 5.73 Å². The summed E-state index contributed by atoms with van der Waals surface area (Å²) in [6, 6.07) is 4.57. The molecule has 16 heavy (non-hydrogen) atoms. The SMILES string of the molecule is Nc1ccc(-n2nnnc2C2CC2)cc1F. The fourth-order valence-corrected chi connectivity index (χ4v) is 1.62. The van der Waals surface area contributed by atoms with Crippen molar-refractivity contribution in [3.05, 3.63) is 29.8 Å². The van der Waals surface area contributed by atoms with Crippen LogP contribution in [0.4, 0.5) is 10.1 Å². The summed E-state index contributed by atoms with van der Waals surface area (Å²) in [7, 11) is 0. The first-order valence-electron chi connectivity index (χ1n) is 5.09. The van der Waals surface area contributed by atoms with Crippen LogP contribution in [0, 0.1) is 5.82 Å². The van der Waals surface area contributed by atoms with E-state index < -0.39 is 5.82 Å². The number of nitrogen functional groups attached to an aromatic ring is 1. The zero-order valence-electron chi connectivity index (χ0n) is 8.47. The molecular formula is C10H10FN5. The van der Waals surface area contributed by atoms with Gasteiger partial charge in [0.15, 0.2) is 5.82 Å². The van der Waals surface area contributed by atoms with E-state index in [-0.39, 0.29) is 5.69 Å². The Labute approximate surface area is 91.1 Å². The molecule has 1 aromatic carbocycles. The summed E-state index contributed by atoms with van der Waals surface area (Å²) in [6.07, 6.45) is 2.19. The summed E-state index contributed by atoms with van der Waals surface area (Å²) in [6.45, 7) is 0. The van der Waals surface area contributed by atoms with Gasteiger partial charge in [0.1, 0.15) is 5.82 Å². The number of halogens is 1. The molecule has 2 N–H and O–H groups in total. The predicted octanol–water partition coefficient (Wildman–Crippen LogP) is 1.26. The van der Waals surface area contributed by atoms with Crippen LogP contribution in [0.15, 0.2) is 18.2 Å². The third-order valence-corrected chi connectivity index (χ3v) is 2.66. The second-order valence-corrected chi connectivity index (χ2v) is 3.93. The lowest BCUT2D eigenvalue weighted by Crippen LogP contribution is -2.03. The normalized spacial score (nSPS) is 15.3. The van der Waals surface area contributed by atoms with Gasteiger partial charge in [-0.25, -0.2) is 4.39 Å². The van der Waals surface area contributed by atoms with Gasteiger partial charge in [0.25, 0.3) is 0 Å². The fraction of sp³-hybridized carbons (Fsp3) is 0.300. The van der Waals surface area contributed by atoms with E-state index in [1.54, 1.807) is 10.7 Å². The van der Waals surface area contributed by atoms with Crippen LogP contribution in [0.25, 0.3) is 5.69 Å². The molecule has 1 aromatic heterocycles. The molecule has 0 spiro atoms. The Hall–Kier alpha value is -1.98. The van der Waals surface area contributed by atoms with E-state index in [9.17, 15) is 4.39 Å². The molecule has 3 rings (SSSR count). The molecule has 1 saturated carbocycles. The van der Waals surface area contributed by atoms with Gasteiger partial charge in [-0.1, -0.05) is 0 Å². The first-order chi connectivity index (χ1) is 7.75. The van der Waals surface area contributed by atoms with Crippen molar-refractivity contribution in [2.45, 2.75) is 18.8 Å². The van der Waals surface area contributed by atoms with Gasteiger partial charge in [0.05, 0.1) is 11.4 Å². The van der Waals surface area contributed by atoms with Crippen molar-refractivity contribution >= 4 is 5.69 Å². The number of hydrogen-bond donors (Lipinski definition) is 1. The largest absolute Gasteiger partial charge is 0.396 e. The van der Waals surface area contributed by atoms with Crippen molar-refractivity contribution in [1.82, 2.24) is 20.2 Å². The Kier molecular flexibility index (Phi) is 1.89. The Balaban J connectivity index is 2.07. The maximum atomic E-state index is 13.3. The topological polar surface area (TPSA) is 69.6 Å². The highest BCUT2D eigenvalue weighted by atomic mass is 19.1. The molecule has 1 fully saturated rings. The van der Waals surface area contributed by atoms with Crippen LogP contribution in [0.5, 0.6) is 0 Å². The molecule has 2 aromatic rings. The van der Waals surface area contributed by atoms with E-state index in [4.69, 9.17) is 5.73 Å². The summed E-state index contributed by atoms with van der Waals surface area (Å²) in [5.41, 5.74) is 6.16. The molecule has 1 aliphatic rings. The number of hydrogen-bond acceptors (Lipinski definition) is 4. The lowest BCUT2D eigenvalue weighted by Gasteiger charge is -2.04. The Morgan fingerprint density at radius 2 is 2.19 bits per heavy atom. The van der Waals surface area contributed by atoms with Gasteiger partial charge in [0, 0.05) is 12.0 Å². The van der Waals surface area contributed by atoms with Crippen LogP contribution < -0.4 is 5.73 Å². The predicted molar refractivity (Wildman–Crippen MR) is 55.5 cm³/mol. The molecule has 0 bridgehead atoms. The van der Waals surface area contributed by atoms with Crippen LogP contribution in [-0.2, 0) is 0 Å². The van der Waals surface area contributed by atoms with Crippen molar-refractivity contribution in [3.8, 4) is 5.69 Å². The second-order valence-electron chi connectivity index (χ2n) is 3.93. The van der Waals surface area contributed by atoms with Crippen molar-refractivity contribution < 1.29 is 4.39 Å². The number of aromatic nitrogens is 4. The molecule has 0 radical (unpaired) electrons. The average molecular weight is 219 g/mol. The molecule has 0 aliphatic heterocycles. The molecular weight excluding hydrogens is 209 g/mol. The summed E-state index contributed by atoms with van der Waals surface area (Å²) < 4.78 is 14.9. The van der Waals surface area contributed by atoms with E-state index >= 15 is 0 Å². The number of benzene rings is 1. The van der Waals surface area contributed by atoms with Crippen LogP contribution in [0.2, 0.25) is 0 Å². The number of rotatable bonds is 2. The molecule has 82 valence electrons. The van der Waals surface area contributed by atoms with Crippen molar-refractivity contribution in [2.75, 3.05) is 5.73 Å². The van der Waals surface area contributed by atoms with Crippen LogP contribution in [0.3, 0.4) is 0 Å². The molecule has 1 aliphatic carbocycles. The minimum Gasteiger partial charge on any atom is -0.396 e. The van der Waals surface area contributed by atoms with Crippen LogP contribution >= 0.6 is 0 Å². The van der Waals surface area contributed by atoms with Gasteiger partial charge in [-0.2, -0.15) is 4.68 Å². The fourth-order valence-electron chi connectivity index (χ4n) is 1.62. The molecule has 0 saturated heterocycles. The van der Waals surface area contributed by atoms with Crippen LogP contribution in [0.1, 0.15) is 24.6 Å². The van der Waals surface area contributed by atoms with E-state index in [1.807, 2.05) is 0 Å². The highest BCUT2D eigenvalue weighted by molar-refractivity contribution is 5.46. The third kappa shape index (κ3) is 1.42. The lowest BCUT2D eigenvalue weighted by molar-refractivity contribution is 0.628.